The number of nitrogens with two attached hydrogens (primary N) is 2. The van der Waals surface area contributed by atoms with Crippen molar-refractivity contribution < 1.29 is 4.79 Å². The molecule has 0 heterocycles. The first-order chi connectivity index (χ1) is 9.32. The average molecular weight is 281 g/mol. The van der Waals surface area contributed by atoms with Crippen molar-refractivity contribution >= 4 is 5.91 Å². The van der Waals surface area contributed by atoms with Crippen molar-refractivity contribution in [1.29, 1.82) is 0 Å². The van der Waals surface area contributed by atoms with Gasteiger partial charge in [-0.15, -0.1) is 0 Å². The molecular formula is C16H31N3O. The first-order valence-corrected chi connectivity index (χ1v) is 8.14. The monoisotopic (exact) mass is 281 g/mol. The zero-order chi connectivity index (χ0) is 14.9. The lowest BCUT2D eigenvalue weighted by atomic mass is 9.61. The van der Waals surface area contributed by atoms with Gasteiger partial charge in [0.25, 0.3) is 0 Å². The molecule has 3 atom stereocenters. The third kappa shape index (κ3) is 3.17. The molecule has 0 aromatic carbocycles. The highest BCUT2D eigenvalue weighted by Crippen LogP contribution is 2.44. The zero-order valence-corrected chi connectivity index (χ0v) is 13.2. The SMILES string of the molecule is CC1C(N)CCC(C(=O)NC2CCC(N)CC2)C1(C)C. The normalized spacial score (nSPS) is 41.1. The minimum Gasteiger partial charge on any atom is -0.353 e. The van der Waals surface area contributed by atoms with E-state index in [0.29, 0.717) is 18.0 Å². The Morgan fingerprint density at radius 1 is 1.05 bits per heavy atom. The van der Waals surface area contributed by atoms with Crippen molar-refractivity contribution in [1.82, 2.24) is 5.32 Å². The third-order valence-electron chi connectivity index (χ3n) is 5.94. The maximum absolute atomic E-state index is 12.6. The minimum atomic E-state index is -0.0210. The largest absolute Gasteiger partial charge is 0.353 e. The van der Waals surface area contributed by atoms with Crippen molar-refractivity contribution in [3.8, 4) is 0 Å². The van der Waals surface area contributed by atoms with Crippen LogP contribution in [0.3, 0.4) is 0 Å². The lowest BCUT2D eigenvalue weighted by Gasteiger charge is -2.46. The summed E-state index contributed by atoms with van der Waals surface area (Å²) in [5.41, 5.74) is 12.1. The van der Waals surface area contributed by atoms with Crippen LogP contribution in [-0.2, 0) is 4.79 Å². The van der Waals surface area contributed by atoms with Crippen molar-refractivity contribution in [2.45, 2.75) is 77.4 Å². The van der Waals surface area contributed by atoms with Crippen LogP contribution in [0.1, 0.15) is 59.3 Å². The van der Waals surface area contributed by atoms with Gasteiger partial charge in [0, 0.05) is 24.0 Å². The van der Waals surface area contributed by atoms with Gasteiger partial charge in [-0.3, -0.25) is 4.79 Å². The molecule has 0 radical (unpaired) electrons. The van der Waals surface area contributed by atoms with Crippen molar-refractivity contribution in [3.05, 3.63) is 0 Å². The third-order valence-corrected chi connectivity index (χ3v) is 5.94. The molecule has 2 saturated carbocycles. The maximum Gasteiger partial charge on any atom is 0.223 e. The van der Waals surface area contributed by atoms with Crippen LogP contribution in [0, 0.1) is 17.3 Å². The van der Waals surface area contributed by atoms with E-state index in [-0.39, 0.29) is 23.3 Å². The number of hydrogen-bond donors (Lipinski definition) is 3. The van der Waals surface area contributed by atoms with E-state index in [1.807, 2.05) is 0 Å². The summed E-state index contributed by atoms with van der Waals surface area (Å²) >= 11 is 0. The molecule has 20 heavy (non-hydrogen) atoms. The van der Waals surface area contributed by atoms with E-state index >= 15 is 0 Å². The molecule has 0 aromatic rings. The van der Waals surface area contributed by atoms with E-state index in [1.54, 1.807) is 0 Å². The molecular weight excluding hydrogens is 250 g/mol. The first-order valence-electron chi connectivity index (χ1n) is 8.14. The molecule has 1 amide bonds. The van der Waals surface area contributed by atoms with Crippen molar-refractivity contribution in [2.24, 2.45) is 28.7 Å². The molecule has 2 fully saturated rings. The molecule has 4 nitrogen and oxygen atoms in total. The molecule has 3 unspecified atom stereocenters. The Morgan fingerprint density at radius 3 is 2.25 bits per heavy atom. The van der Waals surface area contributed by atoms with E-state index in [1.165, 1.54) is 0 Å². The molecule has 4 heteroatoms. The van der Waals surface area contributed by atoms with Gasteiger partial charge in [-0.05, 0) is 49.9 Å². The van der Waals surface area contributed by atoms with Gasteiger partial charge in [-0.2, -0.15) is 0 Å². The van der Waals surface area contributed by atoms with Crippen LogP contribution >= 0.6 is 0 Å². The molecule has 0 aliphatic heterocycles. The summed E-state index contributed by atoms with van der Waals surface area (Å²) in [4.78, 5) is 12.6. The summed E-state index contributed by atoms with van der Waals surface area (Å²) in [6, 6.07) is 0.873. The summed E-state index contributed by atoms with van der Waals surface area (Å²) in [5, 5.41) is 3.26. The van der Waals surface area contributed by atoms with Gasteiger partial charge < -0.3 is 16.8 Å². The van der Waals surface area contributed by atoms with Gasteiger partial charge in [0.15, 0.2) is 0 Å². The quantitative estimate of drug-likeness (QED) is 0.721. The van der Waals surface area contributed by atoms with Crippen LogP contribution in [0.15, 0.2) is 0 Å². The fourth-order valence-electron chi connectivity index (χ4n) is 3.88. The summed E-state index contributed by atoms with van der Waals surface area (Å²) < 4.78 is 0. The number of amides is 1. The summed E-state index contributed by atoms with van der Waals surface area (Å²) in [6.07, 6.45) is 5.97. The van der Waals surface area contributed by atoms with Gasteiger partial charge in [0.2, 0.25) is 5.91 Å². The van der Waals surface area contributed by atoms with Crippen LogP contribution in [0.25, 0.3) is 0 Å². The highest BCUT2D eigenvalue weighted by Gasteiger charge is 2.45. The highest BCUT2D eigenvalue weighted by atomic mass is 16.2. The van der Waals surface area contributed by atoms with Crippen LogP contribution in [0.5, 0.6) is 0 Å². The topological polar surface area (TPSA) is 81.1 Å². The Labute approximate surface area is 123 Å². The Hall–Kier alpha value is -0.610. The Kier molecular flexibility index (Phi) is 4.75. The second-order valence-electron chi connectivity index (χ2n) is 7.52. The summed E-state index contributed by atoms with van der Waals surface area (Å²) in [7, 11) is 0. The summed E-state index contributed by atoms with van der Waals surface area (Å²) in [6.45, 7) is 6.57. The number of hydrogen-bond acceptors (Lipinski definition) is 3. The van der Waals surface area contributed by atoms with Gasteiger partial charge in [0.05, 0.1) is 0 Å². The summed E-state index contributed by atoms with van der Waals surface area (Å²) in [5.74, 6) is 0.703. The van der Waals surface area contributed by atoms with Crippen LogP contribution in [0.4, 0.5) is 0 Å². The smallest absolute Gasteiger partial charge is 0.223 e. The van der Waals surface area contributed by atoms with E-state index in [2.05, 4.69) is 26.1 Å². The number of carbonyl (C=O) groups excluding carboxylic acids is 1. The number of nitrogens with one attached hydrogen (secondary N) is 1. The molecule has 0 aromatic heterocycles. The lowest BCUT2D eigenvalue weighted by molar-refractivity contribution is -0.133. The van der Waals surface area contributed by atoms with Crippen LogP contribution in [0.2, 0.25) is 0 Å². The molecule has 2 aliphatic rings. The lowest BCUT2D eigenvalue weighted by Crippen LogP contribution is -2.53. The molecule has 5 N–H and O–H groups in total. The van der Waals surface area contributed by atoms with Crippen LogP contribution in [-0.4, -0.2) is 24.0 Å². The first kappa shape index (κ1) is 15.8. The molecule has 0 saturated heterocycles. The Balaban J connectivity index is 1.95. The predicted molar refractivity (Wildman–Crippen MR) is 82.0 cm³/mol. The van der Waals surface area contributed by atoms with Gasteiger partial charge in [0.1, 0.15) is 0 Å². The van der Waals surface area contributed by atoms with Crippen molar-refractivity contribution in [2.75, 3.05) is 0 Å². The van der Waals surface area contributed by atoms with Crippen molar-refractivity contribution in [3.63, 3.8) is 0 Å². The highest BCUT2D eigenvalue weighted by molar-refractivity contribution is 5.80. The molecule has 0 spiro atoms. The fraction of sp³-hybridized carbons (Fsp3) is 0.938. The van der Waals surface area contributed by atoms with E-state index in [4.69, 9.17) is 11.5 Å². The fourth-order valence-corrected chi connectivity index (χ4v) is 3.88. The van der Waals surface area contributed by atoms with E-state index < -0.39 is 0 Å². The Morgan fingerprint density at radius 2 is 1.65 bits per heavy atom. The van der Waals surface area contributed by atoms with Gasteiger partial charge in [-0.1, -0.05) is 20.8 Å². The molecule has 116 valence electrons. The second kappa shape index (κ2) is 6.02. The van der Waals surface area contributed by atoms with E-state index in [9.17, 15) is 4.79 Å². The number of carbonyl (C=O) groups is 1. The van der Waals surface area contributed by atoms with E-state index in [0.717, 1.165) is 38.5 Å². The zero-order valence-electron chi connectivity index (χ0n) is 13.2. The number of rotatable bonds is 2. The predicted octanol–water partition coefficient (Wildman–Crippen LogP) is 1.77. The average Bonchev–Trinajstić information content (AvgIpc) is 2.38. The minimum absolute atomic E-state index is 0.0210. The second-order valence-corrected chi connectivity index (χ2v) is 7.52. The van der Waals surface area contributed by atoms with Gasteiger partial charge in [-0.25, -0.2) is 0 Å². The van der Waals surface area contributed by atoms with Crippen LogP contribution < -0.4 is 16.8 Å². The maximum atomic E-state index is 12.6. The molecule has 2 aliphatic carbocycles. The molecule has 2 rings (SSSR count). The van der Waals surface area contributed by atoms with Gasteiger partial charge >= 0.3 is 0 Å². The molecule has 0 bridgehead atoms. The standard InChI is InChI=1S/C16H31N3O/c1-10-14(18)9-8-13(16(10,2)3)15(20)19-12-6-4-11(17)5-7-12/h10-14H,4-9,17-18H2,1-3H3,(H,19,20). The Bertz CT molecular complexity index is 348.